The molecular weight excluding hydrogens is 210 g/mol. The molecule has 0 aliphatic rings. The van der Waals surface area contributed by atoms with E-state index in [1.54, 1.807) is 11.8 Å². The number of rotatable bonds is 6. The quantitative estimate of drug-likeness (QED) is 0.717. The number of aliphatic hydroxyl groups is 2. The van der Waals surface area contributed by atoms with E-state index in [9.17, 15) is 0 Å². The van der Waals surface area contributed by atoms with Gasteiger partial charge < -0.3 is 15.1 Å². The molecule has 1 rings (SSSR count). The third-order valence-corrected chi connectivity index (χ3v) is 2.88. The first-order chi connectivity index (χ1) is 7.31. The molecule has 0 aliphatic carbocycles. The Balaban J connectivity index is 2.79. The second-order valence-corrected chi connectivity index (χ2v) is 4.02. The molecule has 0 heterocycles. The van der Waals surface area contributed by atoms with Crippen LogP contribution in [0.5, 0.6) is 0 Å². The van der Waals surface area contributed by atoms with Crippen LogP contribution < -0.4 is 4.90 Å². The number of aliphatic hydroxyl groups excluding tert-OH is 2. The van der Waals surface area contributed by atoms with E-state index in [0.29, 0.717) is 13.1 Å². The Morgan fingerprint density at radius 2 is 1.87 bits per heavy atom. The van der Waals surface area contributed by atoms with Crippen LogP contribution in [0.2, 0.25) is 0 Å². The van der Waals surface area contributed by atoms with Crippen LogP contribution >= 0.6 is 11.8 Å². The van der Waals surface area contributed by atoms with Crippen LogP contribution in [0.15, 0.2) is 29.2 Å². The molecule has 0 aliphatic heterocycles. The highest BCUT2D eigenvalue weighted by molar-refractivity contribution is 7.98. The van der Waals surface area contributed by atoms with Crippen molar-refractivity contribution in [3.05, 3.63) is 24.3 Å². The molecular formula is C11H17NO2S. The van der Waals surface area contributed by atoms with Crippen molar-refractivity contribution in [2.45, 2.75) is 4.90 Å². The maximum absolute atomic E-state index is 8.92. The van der Waals surface area contributed by atoms with Crippen LogP contribution in [-0.4, -0.2) is 42.8 Å². The number of thioether (sulfide) groups is 1. The van der Waals surface area contributed by atoms with E-state index >= 15 is 0 Å². The second kappa shape index (κ2) is 6.71. The number of nitrogens with zero attached hydrogens (tertiary/aromatic N) is 1. The van der Waals surface area contributed by atoms with E-state index in [2.05, 4.69) is 6.07 Å². The van der Waals surface area contributed by atoms with Gasteiger partial charge in [0.15, 0.2) is 0 Å². The second-order valence-electron chi connectivity index (χ2n) is 3.14. The molecule has 2 N–H and O–H groups in total. The van der Waals surface area contributed by atoms with Crippen molar-refractivity contribution < 1.29 is 10.2 Å². The molecule has 0 unspecified atom stereocenters. The minimum atomic E-state index is 0.101. The number of anilines is 1. The average molecular weight is 227 g/mol. The normalized spacial score (nSPS) is 10.3. The Morgan fingerprint density at radius 3 is 2.40 bits per heavy atom. The molecule has 0 amide bonds. The monoisotopic (exact) mass is 227 g/mol. The lowest BCUT2D eigenvalue weighted by atomic mass is 10.3. The molecule has 15 heavy (non-hydrogen) atoms. The molecule has 0 fully saturated rings. The molecule has 0 atom stereocenters. The summed E-state index contributed by atoms with van der Waals surface area (Å²) in [6.45, 7) is 1.31. The Labute approximate surface area is 94.7 Å². The smallest absolute Gasteiger partial charge is 0.0606 e. The molecule has 84 valence electrons. The van der Waals surface area contributed by atoms with Crippen molar-refractivity contribution >= 4 is 17.4 Å². The summed E-state index contributed by atoms with van der Waals surface area (Å²) in [5.41, 5.74) is 1.05. The standard InChI is InChI=1S/C11H17NO2S/c1-15-11-4-2-3-10(9-11)12(5-7-13)6-8-14/h2-4,9,13-14H,5-8H2,1H3. The van der Waals surface area contributed by atoms with Gasteiger partial charge in [0, 0.05) is 23.7 Å². The minimum absolute atomic E-state index is 0.101. The van der Waals surface area contributed by atoms with Gasteiger partial charge in [0.2, 0.25) is 0 Å². The highest BCUT2D eigenvalue weighted by atomic mass is 32.2. The van der Waals surface area contributed by atoms with Gasteiger partial charge in [0.25, 0.3) is 0 Å². The van der Waals surface area contributed by atoms with Crippen molar-refractivity contribution in [3.8, 4) is 0 Å². The molecule has 0 bridgehead atoms. The summed E-state index contributed by atoms with van der Waals surface area (Å²) in [4.78, 5) is 3.16. The molecule has 1 aromatic carbocycles. The van der Waals surface area contributed by atoms with Crippen molar-refractivity contribution in [2.24, 2.45) is 0 Å². The largest absolute Gasteiger partial charge is 0.395 e. The average Bonchev–Trinajstić information content (AvgIpc) is 2.29. The van der Waals surface area contributed by atoms with Crippen molar-refractivity contribution in [1.29, 1.82) is 0 Å². The molecule has 0 radical (unpaired) electrons. The summed E-state index contributed by atoms with van der Waals surface area (Å²) in [6.07, 6.45) is 2.03. The van der Waals surface area contributed by atoms with Gasteiger partial charge in [-0.2, -0.15) is 0 Å². The van der Waals surface area contributed by atoms with Gasteiger partial charge in [-0.1, -0.05) is 6.07 Å². The summed E-state index contributed by atoms with van der Waals surface area (Å²) >= 11 is 1.68. The Hall–Kier alpha value is -0.710. The third kappa shape index (κ3) is 3.74. The summed E-state index contributed by atoms with van der Waals surface area (Å²) in [6, 6.07) is 8.09. The first kappa shape index (κ1) is 12.4. The number of benzene rings is 1. The maximum atomic E-state index is 8.92. The zero-order valence-electron chi connectivity index (χ0n) is 8.89. The molecule has 0 spiro atoms. The van der Waals surface area contributed by atoms with Gasteiger partial charge >= 0.3 is 0 Å². The first-order valence-electron chi connectivity index (χ1n) is 4.92. The molecule has 4 heteroatoms. The molecule has 0 saturated heterocycles. The lowest BCUT2D eigenvalue weighted by Crippen LogP contribution is -2.29. The minimum Gasteiger partial charge on any atom is -0.395 e. The number of hydrogen-bond acceptors (Lipinski definition) is 4. The molecule has 3 nitrogen and oxygen atoms in total. The van der Waals surface area contributed by atoms with Crippen molar-refractivity contribution in [3.63, 3.8) is 0 Å². The summed E-state index contributed by atoms with van der Waals surface area (Å²) in [7, 11) is 0. The number of hydrogen-bond donors (Lipinski definition) is 2. The fourth-order valence-electron chi connectivity index (χ4n) is 1.42. The molecule has 0 aromatic heterocycles. The van der Waals surface area contributed by atoms with Crippen LogP contribution in [0.1, 0.15) is 0 Å². The predicted molar refractivity (Wildman–Crippen MR) is 64.6 cm³/mol. The van der Waals surface area contributed by atoms with E-state index in [1.165, 1.54) is 4.90 Å². The Morgan fingerprint density at radius 1 is 1.20 bits per heavy atom. The Kier molecular flexibility index (Phi) is 5.53. The molecule has 1 aromatic rings. The fourth-order valence-corrected chi connectivity index (χ4v) is 1.87. The van der Waals surface area contributed by atoms with Gasteiger partial charge in [0.1, 0.15) is 0 Å². The van der Waals surface area contributed by atoms with Crippen LogP contribution in [0, 0.1) is 0 Å². The van der Waals surface area contributed by atoms with E-state index in [1.807, 2.05) is 29.4 Å². The summed E-state index contributed by atoms with van der Waals surface area (Å²) in [5.74, 6) is 0. The SMILES string of the molecule is CSc1cccc(N(CCO)CCO)c1. The Bertz CT molecular complexity index is 288. The predicted octanol–water partition coefficient (Wildman–Crippen LogP) is 1.20. The van der Waals surface area contributed by atoms with E-state index < -0.39 is 0 Å². The van der Waals surface area contributed by atoms with Crippen LogP contribution in [0.4, 0.5) is 5.69 Å². The summed E-state index contributed by atoms with van der Waals surface area (Å²) in [5, 5.41) is 17.8. The van der Waals surface area contributed by atoms with Crippen molar-refractivity contribution in [2.75, 3.05) is 37.5 Å². The lowest BCUT2D eigenvalue weighted by molar-refractivity contribution is 0.281. The lowest BCUT2D eigenvalue weighted by Gasteiger charge is -2.23. The van der Waals surface area contributed by atoms with Gasteiger partial charge in [-0.05, 0) is 24.5 Å². The summed E-state index contributed by atoms with van der Waals surface area (Å²) < 4.78 is 0. The van der Waals surface area contributed by atoms with Gasteiger partial charge in [0.05, 0.1) is 13.2 Å². The van der Waals surface area contributed by atoms with E-state index in [4.69, 9.17) is 10.2 Å². The third-order valence-electron chi connectivity index (χ3n) is 2.16. The van der Waals surface area contributed by atoms with Gasteiger partial charge in [-0.25, -0.2) is 0 Å². The van der Waals surface area contributed by atoms with Crippen molar-refractivity contribution in [1.82, 2.24) is 0 Å². The topological polar surface area (TPSA) is 43.7 Å². The zero-order valence-corrected chi connectivity index (χ0v) is 9.70. The highest BCUT2D eigenvalue weighted by Gasteiger charge is 2.05. The van der Waals surface area contributed by atoms with Gasteiger partial charge in [-0.3, -0.25) is 0 Å². The van der Waals surface area contributed by atoms with E-state index in [-0.39, 0.29) is 13.2 Å². The van der Waals surface area contributed by atoms with E-state index in [0.717, 1.165) is 5.69 Å². The fraction of sp³-hybridized carbons (Fsp3) is 0.455. The highest BCUT2D eigenvalue weighted by Crippen LogP contribution is 2.21. The van der Waals surface area contributed by atoms with Gasteiger partial charge in [-0.15, -0.1) is 11.8 Å². The maximum Gasteiger partial charge on any atom is 0.0606 e. The van der Waals surface area contributed by atoms with Crippen LogP contribution in [0.25, 0.3) is 0 Å². The molecule has 0 saturated carbocycles. The van der Waals surface area contributed by atoms with Crippen LogP contribution in [-0.2, 0) is 0 Å². The zero-order chi connectivity index (χ0) is 11.1. The first-order valence-corrected chi connectivity index (χ1v) is 6.15. The van der Waals surface area contributed by atoms with Crippen LogP contribution in [0.3, 0.4) is 0 Å².